The first kappa shape index (κ1) is 18.3. The van der Waals surface area contributed by atoms with Gasteiger partial charge in [-0.05, 0) is 11.8 Å². The van der Waals surface area contributed by atoms with Gasteiger partial charge in [-0.1, -0.05) is 34.6 Å². The number of hydrogen-bond acceptors (Lipinski definition) is 3. The van der Waals surface area contributed by atoms with Crippen LogP contribution >= 0.6 is 0 Å². The van der Waals surface area contributed by atoms with E-state index < -0.39 is 23.4 Å². The van der Waals surface area contributed by atoms with Gasteiger partial charge in [-0.3, -0.25) is 9.59 Å². The lowest BCUT2D eigenvalue weighted by atomic mass is 9.83. The summed E-state index contributed by atoms with van der Waals surface area (Å²) < 4.78 is 0. The largest absolute Gasteiger partial charge is 0.481 e. The summed E-state index contributed by atoms with van der Waals surface area (Å²) in [6.45, 7) is 9.50. The van der Waals surface area contributed by atoms with Crippen molar-refractivity contribution in [2.24, 2.45) is 5.41 Å². The molecule has 0 saturated heterocycles. The molecule has 0 aromatic heterocycles. The minimum absolute atomic E-state index is 0.0466. The van der Waals surface area contributed by atoms with Crippen molar-refractivity contribution in [2.75, 3.05) is 6.54 Å². The molecule has 0 heterocycles. The van der Waals surface area contributed by atoms with Crippen molar-refractivity contribution < 1.29 is 19.8 Å². The fourth-order valence-corrected chi connectivity index (χ4v) is 0.938. The summed E-state index contributed by atoms with van der Waals surface area (Å²) in [5.74, 6) is -1.48. The summed E-state index contributed by atoms with van der Waals surface area (Å²) in [6.07, 6.45) is -0.567. The van der Waals surface area contributed by atoms with Crippen LogP contribution in [-0.4, -0.2) is 34.7 Å². The van der Waals surface area contributed by atoms with Crippen molar-refractivity contribution in [3.63, 3.8) is 0 Å². The highest BCUT2D eigenvalue weighted by Gasteiger charge is 2.31. The highest BCUT2D eigenvalue weighted by atomic mass is 16.4. The van der Waals surface area contributed by atoms with E-state index in [1.165, 1.54) is 0 Å². The normalized spacial score (nSPS) is 12.1. The predicted octanol–water partition coefficient (Wildman–Crippen LogP) is 1.40. The van der Waals surface area contributed by atoms with Crippen LogP contribution in [0, 0.1) is 5.41 Å². The molecule has 5 nitrogen and oxygen atoms in total. The van der Waals surface area contributed by atoms with Gasteiger partial charge in [0.1, 0.15) is 6.10 Å². The van der Waals surface area contributed by atoms with Crippen molar-refractivity contribution in [1.82, 2.24) is 5.32 Å². The molecule has 0 aliphatic rings. The van der Waals surface area contributed by atoms with Gasteiger partial charge in [0.2, 0.25) is 5.91 Å². The minimum Gasteiger partial charge on any atom is -0.481 e. The van der Waals surface area contributed by atoms with Crippen LogP contribution < -0.4 is 5.32 Å². The van der Waals surface area contributed by atoms with Gasteiger partial charge in [0.15, 0.2) is 0 Å². The molecule has 0 radical (unpaired) electrons. The van der Waals surface area contributed by atoms with E-state index in [0.29, 0.717) is 6.42 Å². The second-order valence-electron chi connectivity index (χ2n) is 4.18. The Hall–Kier alpha value is -1.10. The summed E-state index contributed by atoms with van der Waals surface area (Å²) in [4.78, 5) is 21.6. The summed E-state index contributed by atoms with van der Waals surface area (Å²) in [7, 11) is 0. The number of hydrogen-bond donors (Lipinski definition) is 3. The van der Waals surface area contributed by atoms with Gasteiger partial charge < -0.3 is 15.5 Å². The molecule has 3 N–H and O–H groups in total. The summed E-state index contributed by atoms with van der Waals surface area (Å²) >= 11 is 0. The van der Waals surface area contributed by atoms with Gasteiger partial charge in [0, 0.05) is 6.54 Å². The van der Waals surface area contributed by atoms with Crippen LogP contribution in [0.3, 0.4) is 0 Å². The van der Waals surface area contributed by atoms with Crippen molar-refractivity contribution in [2.45, 2.75) is 53.6 Å². The Morgan fingerprint density at radius 2 is 1.76 bits per heavy atom. The Morgan fingerprint density at radius 3 is 2.12 bits per heavy atom. The van der Waals surface area contributed by atoms with Crippen molar-refractivity contribution in [3.8, 4) is 0 Å². The molecule has 0 aliphatic heterocycles. The third-order valence-corrected chi connectivity index (χ3v) is 2.54. The van der Waals surface area contributed by atoms with E-state index in [4.69, 9.17) is 5.11 Å². The smallest absolute Gasteiger partial charge is 0.305 e. The molecule has 1 atom stereocenters. The van der Waals surface area contributed by atoms with E-state index in [1.807, 2.05) is 20.8 Å². The summed E-state index contributed by atoms with van der Waals surface area (Å²) in [5, 5.41) is 20.4. The number of carbonyl (C=O) groups excluding carboxylic acids is 1. The monoisotopic (exact) mass is 247 g/mol. The molecule has 0 spiro atoms. The number of aliphatic hydroxyl groups is 1. The molecule has 5 heteroatoms. The Balaban J connectivity index is 0. The molecule has 0 aromatic rings. The molecular weight excluding hydrogens is 222 g/mol. The first-order valence-electron chi connectivity index (χ1n) is 5.99. The minimum atomic E-state index is -1.10. The maximum absolute atomic E-state index is 11.4. The van der Waals surface area contributed by atoms with Crippen molar-refractivity contribution in [1.29, 1.82) is 0 Å². The lowest BCUT2D eigenvalue weighted by molar-refractivity contribution is -0.137. The second-order valence-corrected chi connectivity index (χ2v) is 4.18. The van der Waals surface area contributed by atoms with Crippen LogP contribution in [0.1, 0.15) is 47.5 Å². The number of carboxylic acids is 1. The van der Waals surface area contributed by atoms with Gasteiger partial charge in [-0.25, -0.2) is 0 Å². The van der Waals surface area contributed by atoms with Crippen molar-refractivity contribution >= 4 is 11.9 Å². The van der Waals surface area contributed by atoms with E-state index in [2.05, 4.69) is 5.32 Å². The molecular formula is C12H25NO4. The molecule has 17 heavy (non-hydrogen) atoms. The van der Waals surface area contributed by atoms with Crippen LogP contribution in [0.4, 0.5) is 0 Å². The zero-order valence-corrected chi connectivity index (χ0v) is 11.4. The average molecular weight is 247 g/mol. The van der Waals surface area contributed by atoms with Crippen LogP contribution in [-0.2, 0) is 9.59 Å². The van der Waals surface area contributed by atoms with Crippen molar-refractivity contribution in [3.05, 3.63) is 0 Å². The van der Waals surface area contributed by atoms with Gasteiger partial charge >= 0.3 is 5.97 Å². The van der Waals surface area contributed by atoms with E-state index in [-0.39, 0.29) is 13.0 Å². The fourth-order valence-electron chi connectivity index (χ4n) is 0.938. The maximum Gasteiger partial charge on any atom is 0.305 e. The summed E-state index contributed by atoms with van der Waals surface area (Å²) in [6, 6.07) is 0. The SMILES string of the molecule is CC.CCC(C)(C)[C@@H](O)C(=O)NCCC(=O)O. The van der Waals surface area contributed by atoms with Gasteiger partial charge in [-0.2, -0.15) is 0 Å². The van der Waals surface area contributed by atoms with Crippen LogP contribution in [0.2, 0.25) is 0 Å². The van der Waals surface area contributed by atoms with Gasteiger partial charge in [-0.15, -0.1) is 0 Å². The maximum atomic E-state index is 11.4. The highest BCUT2D eigenvalue weighted by molar-refractivity contribution is 5.81. The van der Waals surface area contributed by atoms with Crippen LogP contribution in [0.15, 0.2) is 0 Å². The molecule has 0 saturated carbocycles. The highest BCUT2D eigenvalue weighted by Crippen LogP contribution is 2.24. The Bertz CT molecular complexity index is 239. The second kappa shape index (κ2) is 8.98. The van der Waals surface area contributed by atoms with E-state index in [1.54, 1.807) is 13.8 Å². The first-order valence-corrected chi connectivity index (χ1v) is 5.99. The lowest BCUT2D eigenvalue weighted by Gasteiger charge is -2.27. The number of aliphatic carboxylic acids is 1. The van der Waals surface area contributed by atoms with E-state index in [0.717, 1.165) is 0 Å². The van der Waals surface area contributed by atoms with Gasteiger partial charge in [0.05, 0.1) is 6.42 Å². The molecule has 102 valence electrons. The molecule has 0 aromatic carbocycles. The number of carboxylic acid groups (broad SMARTS) is 1. The molecule has 0 aliphatic carbocycles. The molecule has 1 amide bonds. The number of rotatable bonds is 6. The quantitative estimate of drug-likeness (QED) is 0.662. The van der Waals surface area contributed by atoms with Gasteiger partial charge in [0.25, 0.3) is 0 Å². The fraction of sp³-hybridized carbons (Fsp3) is 0.833. The van der Waals surface area contributed by atoms with E-state index >= 15 is 0 Å². The van der Waals surface area contributed by atoms with E-state index in [9.17, 15) is 14.7 Å². The summed E-state index contributed by atoms with van der Waals surface area (Å²) in [5.41, 5.74) is -0.493. The van der Waals surface area contributed by atoms with Crippen LogP contribution in [0.5, 0.6) is 0 Å². The number of nitrogens with one attached hydrogen (secondary N) is 1. The standard InChI is InChI=1S/C10H19NO4.C2H6/c1-4-10(2,3)8(14)9(15)11-6-5-7(12)13;1-2/h8,14H,4-6H2,1-3H3,(H,11,15)(H,12,13);1-2H3/t8-;/m0./s1. The number of aliphatic hydroxyl groups excluding tert-OH is 1. The first-order chi connectivity index (χ1) is 7.81. The molecule has 0 fully saturated rings. The topological polar surface area (TPSA) is 86.6 Å². The Morgan fingerprint density at radius 1 is 1.29 bits per heavy atom. The molecule has 0 unspecified atom stereocenters. The average Bonchev–Trinajstić information content (AvgIpc) is 2.30. The molecule has 0 rings (SSSR count). The third kappa shape index (κ3) is 7.74. The predicted molar refractivity (Wildman–Crippen MR) is 66.7 cm³/mol. The Kier molecular flexibility index (Phi) is 9.66. The zero-order chi connectivity index (χ0) is 14.1. The van der Waals surface area contributed by atoms with Crippen LogP contribution in [0.25, 0.3) is 0 Å². The molecule has 0 bridgehead atoms. The lowest BCUT2D eigenvalue weighted by Crippen LogP contribution is -2.44. The number of amides is 1. The Labute approximate surface area is 103 Å². The number of carbonyl (C=O) groups is 2. The third-order valence-electron chi connectivity index (χ3n) is 2.54. The zero-order valence-electron chi connectivity index (χ0n) is 11.4.